The van der Waals surface area contributed by atoms with Crippen LogP contribution in [0.5, 0.6) is 0 Å². The van der Waals surface area contributed by atoms with Crippen molar-refractivity contribution < 1.29 is 48.0 Å². The van der Waals surface area contributed by atoms with E-state index in [9.17, 15) is 0 Å². The van der Waals surface area contributed by atoms with Gasteiger partial charge in [0.1, 0.15) is 0 Å². The number of aromatic amines is 2. The van der Waals surface area contributed by atoms with Crippen LogP contribution < -0.4 is 31.9 Å². The molecule has 2 rings (SSSR count). The minimum absolute atomic E-state index is 0. The van der Waals surface area contributed by atoms with Crippen LogP contribution in [0.4, 0.5) is 0 Å². The van der Waals surface area contributed by atoms with Gasteiger partial charge in [-0.2, -0.15) is 0 Å². The molecule has 0 unspecified atom stereocenters. The molecule has 2 aromatic heterocycles. The molecule has 2 heterocycles. The van der Waals surface area contributed by atoms with Crippen molar-refractivity contribution in [2.45, 2.75) is 0 Å². The number of hydrogen-bond acceptors (Lipinski definition) is 2. The van der Waals surface area contributed by atoms with Crippen molar-refractivity contribution in [2.24, 2.45) is 0 Å². The fraction of sp³-hybridized carbons (Fsp3) is 0. The summed E-state index contributed by atoms with van der Waals surface area (Å²) in [4.78, 5) is 14.5. The Hall–Kier alpha value is -0.117. The zero-order valence-electron chi connectivity index (χ0n) is 6.46. The Morgan fingerprint density at radius 1 is 0.923 bits per heavy atom. The molecule has 0 saturated heterocycles. The fourth-order valence-electron chi connectivity index (χ4n) is 0.779. The standard InChI is InChI=1S/2C3H3N2.2ClH.Zr/c2*1-2-5-3-4-1;;;/h2*1-2H,(H,4,5);2*1H;/q;;;;+2/p-2. The quantitative estimate of drug-likeness (QED) is 0.579. The van der Waals surface area contributed by atoms with E-state index < -0.39 is 23.2 Å². The van der Waals surface area contributed by atoms with Crippen molar-refractivity contribution in [1.82, 2.24) is 19.9 Å². The van der Waals surface area contributed by atoms with Crippen molar-refractivity contribution in [3.63, 3.8) is 0 Å². The van der Waals surface area contributed by atoms with Gasteiger partial charge in [-0.15, -0.1) is 0 Å². The second kappa shape index (κ2) is 6.35. The van der Waals surface area contributed by atoms with Gasteiger partial charge in [-0.05, 0) is 0 Å². The van der Waals surface area contributed by atoms with Crippen LogP contribution in [0, 0.1) is 0 Å². The molecule has 0 atom stereocenters. The van der Waals surface area contributed by atoms with Crippen LogP contribution in [-0.2, 0) is 23.2 Å². The van der Waals surface area contributed by atoms with Crippen LogP contribution in [0.3, 0.4) is 0 Å². The molecule has 0 spiro atoms. The maximum absolute atomic E-state index is 4.15. The van der Waals surface area contributed by atoms with Crippen LogP contribution in [-0.4, -0.2) is 19.9 Å². The topological polar surface area (TPSA) is 57.4 Å². The van der Waals surface area contributed by atoms with E-state index in [1.807, 2.05) is 12.4 Å². The summed E-state index contributed by atoms with van der Waals surface area (Å²) in [5.41, 5.74) is 0. The van der Waals surface area contributed by atoms with Gasteiger partial charge >= 0.3 is 75.0 Å². The summed E-state index contributed by atoms with van der Waals surface area (Å²) in [5, 5.41) is 0. The molecule has 0 aliphatic rings. The number of nitrogens with one attached hydrogen (secondary N) is 2. The van der Waals surface area contributed by atoms with Gasteiger partial charge in [-0.25, -0.2) is 0 Å². The molecule has 2 aromatic rings. The molecule has 13 heavy (non-hydrogen) atoms. The van der Waals surface area contributed by atoms with Crippen LogP contribution in [0.15, 0.2) is 24.8 Å². The Bertz CT molecular complexity index is 275. The first kappa shape index (κ1) is 12.9. The van der Waals surface area contributed by atoms with Crippen LogP contribution in [0.2, 0.25) is 0 Å². The van der Waals surface area contributed by atoms with Crippen LogP contribution >= 0.6 is 0 Å². The van der Waals surface area contributed by atoms with E-state index in [4.69, 9.17) is 0 Å². The Labute approximate surface area is 99.3 Å². The predicted molar refractivity (Wildman–Crippen MR) is 36.4 cm³/mol. The number of nitrogens with zero attached hydrogens (tertiary/aromatic N) is 2. The van der Waals surface area contributed by atoms with Crippen LogP contribution in [0.25, 0.3) is 0 Å². The van der Waals surface area contributed by atoms with Crippen molar-refractivity contribution in [2.75, 3.05) is 0 Å². The summed E-state index contributed by atoms with van der Waals surface area (Å²) in [6.45, 7) is 0. The first-order valence-electron chi connectivity index (χ1n) is 3.21. The molecule has 4 nitrogen and oxygen atoms in total. The zero-order valence-corrected chi connectivity index (χ0v) is 10.4. The second-order valence-corrected chi connectivity index (χ2v) is 4.94. The van der Waals surface area contributed by atoms with E-state index >= 15 is 0 Å². The van der Waals surface area contributed by atoms with Gasteiger partial charge in [0.15, 0.2) is 0 Å². The van der Waals surface area contributed by atoms with E-state index in [2.05, 4.69) is 19.9 Å². The molecule has 0 aliphatic carbocycles. The number of imidazole rings is 2. The number of halogens is 2. The molecule has 0 bridgehead atoms. The molecule has 2 N–H and O–H groups in total. The molecule has 0 amide bonds. The third kappa shape index (κ3) is 3.63. The summed E-state index contributed by atoms with van der Waals surface area (Å²) < 4.78 is 2.20. The van der Waals surface area contributed by atoms with Crippen molar-refractivity contribution in [3.8, 4) is 0 Å². The van der Waals surface area contributed by atoms with Gasteiger partial charge < -0.3 is 24.8 Å². The van der Waals surface area contributed by atoms with Gasteiger partial charge in [-0.1, -0.05) is 0 Å². The van der Waals surface area contributed by atoms with E-state index in [1.54, 1.807) is 12.4 Å². The molecule has 0 aromatic carbocycles. The first-order valence-corrected chi connectivity index (χ1v) is 5.67. The average molecular weight is 296 g/mol. The summed E-state index contributed by atoms with van der Waals surface area (Å²) in [6.07, 6.45) is 7.25. The third-order valence-electron chi connectivity index (χ3n) is 1.23. The summed E-state index contributed by atoms with van der Waals surface area (Å²) >= 11 is -0.756. The SMILES string of the molecule is [Cl-].[Cl-].c1c[nH][c]([Zr+2][c]2ncc[nH]2)n1. The minimum atomic E-state index is -0.756. The molecule has 0 saturated carbocycles. The van der Waals surface area contributed by atoms with E-state index in [-0.39, 0.29) is 24.8 Å². The van der Waals surface area contributed by atoms with E-state index in [0.717, 1.165) is 7.06 Å². The predicted octanol–water partition coefficient (Wildman–Crippen LogP) is -6.83. The summed E-state index contributed by atoms with van der Waals surface area (Å²) in [5.74, 6) is 0. The number of rotatable bonds is 2. The Morgan fingerprint density at radius 2 is 1.38 bits per heavy atom. The molecular weight excluding hydrogens is 290 g/mol. The van der Waals surface area contributed by atoms with Gasteiger partial charge in [-0.3, -0.25) is 0 Å². The third-order valence-corrected chi connectivity index (χ3v) is 3.74. The van der Waals surface area contributed by atoms with Gasteiger partial charge in [0.2, 0.25) is 0 Å². The Balaban J connectivity index is 0.000000720. The van der Waals surface area contributed by atoms with Crippen LogP contribution in [0.1, 0.15) is 0 Å². The average Bonchev–Trinajstić information content (AvgIpc) is 2.60. The molecule has 0 fully saturated rings. The van der Waals surface area contributed by atoms with E-state index in [1.165, 1.54) is 0 Å². The normalized spacial score (nSPS) is 8.00. The number of aromatic nitrogens is 4. The monoisotopic (exact) mass is 294 g/mol. The number of H-pyrrole nitrogens is 2. The first-order chi connectivity index (χ1) is 5.45. The van der Waals surface area contributed by atoms with Crippen molar-refractivity contribution in [1.29, 1.82) is 0 Å². The summed E-state index contributed by atoms with van der Waals surface area (Å²) in [6, 6.07) is 0. The Kier molecular flexibility index (Phi) is 6.30. The number of hydrogen-bond donors (Lipinski definition) is 2. The molecule has 0 radical (unpaired) electrons. The van der Waals surface area contributed by atoms with Crippen molar-refractivity contribution in [3.05, 3.63) is 24.8 Å². The Morgan fingerprint density at radius 3 is 1.69 bits per heavy atom. The molecule has 7 heteroatoms. The van der Waals surface area contributed by atoms with Crippen molar-refractivity contribution >= 4 is 7.06 Å². The molecule has 0 aliphatic heterocycles. The van der Waals surface area contributed by atoms with Gasteiger partial charge in [0.05, 0.1) is 0 Å². The summed E-state index contributed by atoms with van der Waals surface area (Å²) in [7, 11) is 0. The molecule has 68 valence electrons. The zero-order chi connectivity index (χ0) is 7.52. The molecular formula is C6H6Cl2N4Zr. The van der Waals surface area contributed by atoms with E-state index in [0.29, 0.717) is 0 Å². The van der Waals surface area contributed by atoms with Gasteiger partial charge in [0, 0.05) is 0 Å². The fourth-order valence-corrected chi connectivity index (χ4v) is 2.78. The maximum atomic E-state index is 4.15. The second-order valence-electron chi connectivity index (χ2n) is 2.00. The van der Waals surface area contributed by atoms with Gasteiger partial charge in [0.25, 0.3) is 0 Å².